The fraction of sp³-hybridized carbons (Fsp3) is 0.455. The van der Waals surface area contributed by atoms with E-state index in [9.17, 15) is 22.8 Å². The Morgan fingerprint density at radius 3 is 2.53 bits per heavy atom. The molecule has 1 rings (SSSR count). The van der Waals surface area contributed by atoms with E-state index in [1.807, 2.05) is 0 Å². The highest BCUT2D eigenvalue weighted by Crippen LogP contribution is 2.29. The van der Waals surface area contributed by atoms with Gasteiger partial charge < -0.3 is 4.74 Å². The predicted octanol–water partition coefficient (Wildman–Crippen LogP) is 2.36. The second-order valence-corrected chi connectivity index (χ2v) is 4.72. The smallest absolute Gasteiger partial charge is 0.431 e. The maximum absolute atomic E-state index is 12.8. The van der Waals surface area contributed by atoms with Crippen LogP contribution >= 0.6 is 11.8 Å². The SMILES string of the molecule is CCSCn1c(C(F)(F)F)ccc(C(=O)OC)c1=O. The number of hydrogen-bond donors (Lipinski definition) is 0. The van der Waals surface area contributed by atoms with Crippen molar-refractivity contribution in [3.63, 3.8) is 0 Å². The van der Waals surface area contributed by atoms with E-state index in [1.54, 1.807) is 6.92 Å². The summed E-state index contributed by atoms with van der Waals surface area (Å²) in [7, 11) is 1.06. The summed E-state index contributed by atoms with van der Waals surface area (Å²) in [5.74, 6) is -0.574. The molecule has 0 amide bonds. The van der Waals surface area contributed by atoms with Gasteiger partial charge in [-0.25, -0.2) is 4.79 Å². The van der Waals surface area contributed by atoms with Crippen molar-refractivity contribution in [3.05, 3.63) is 33.7 Å². The Bertz CT molecular complexity index is 525. The van der Waals surface area contributed by atoms with Crippen LogP contribution in [-0.4, -0.2) is 23.4 Å². The molecule has 1 heterocycles. The minimum Gasteiger partial charge on any atom is -0.465 e. The number of alkyl halides is 3. The molecule has 0 spiro atoms. The molecule has 0 saturated carbocycles. The van der Waals surface area contributed by atoms with Gasteiger partial charge in [-0.2, -0.15) is 13.2 Å². The minimum atomic E-state index is -4.65. The molecule has 19 heavy (non-hydrogen) atoms. The molecule has 0 aliphatic heterocycles. The first-order valence-corrected chi connectivity index (χ1v) is 6.45. The molecule has 0 aliphatic carbocycles. The molecule has 0 atom stereocenters. The molecule has 0 aliphatic rings. The number of ether oxygens (including phenoxy) is 1. The highest BCUT2D eigenvalue weighted by Gasteiger charge is 2.35. The van der Waals surface area contributed by atoms with Crippen molar-refractivity contribution in [2.75, 3.05) is 12.9 Å². The third-order valence-corrected chi connectivity index (χ3v) is 3.14. The van der Waals surface area contributed by atoms with Crippen LogP contribution in [0.1, 0.15) is 23.0 Å². The quantitative estimate of drug-likeness (QED) is 0.800. The molecule has 0 bridgehead atoms. The Kier molecular flexibility index (Phi) is 5.04. The molecule has 0 N–H and O–H groups in total. The van der Waals surface area contributed by atoms with Crippen LogP contribution in [0.3, 0.4) is 0 Å². The van der Waals surface area contributed by atoms with Gasteiger partial charge in [0.25, 0.3) is 5.56 Å². The van der Waals surface area contributed by atoms with E-state index in [1.165, 1.54) is 0 Å². The number of esters is 1. The first kappa shape index (κ1) is 15.6. The second kappa shape index (κ2) is 6.14. The van der Waals surface area contributed by atoms with Crippen molar-refractivity contribution in [2.24, 2.45) is 0 Å². The van der Waals surface area contributed by atoms with E-state index in [-0.39, 0.29) is 5.88 Å². The van der Waals surface area contributed by atoms with Crippen LogP contribution in [0.25, 0.3) is 0 Å². The maximum Gasteiger partial charge on any atom is 0.431 e. The Hall–Kier alpha value is -1.44. The van der Waals surface area contributed by atoms with E-state index < -0.39 is 29.0 Å². The first-order chi connectivity index (χ1) is 8.82. The van der Waals surface area contributed by atoms with E-state index in [0.717, 1.165) is 24.9 Å². The zero-order chi connectivity index (χ0) is 14.6. The van der Waals surface area contributed by atoms with Crippen molar-refractivity contribution in [3.8, 4) is 0 Å². The number of nitrogens with zero attached hydrogens (tertiary/aromatic N) is 1. The molecular weight excluding hydrogens is 283 g/mol. The van der Waals surface area contributed by atoms with Crippen LogP contribution in [0, 0.1) is 0 Å². The second-order valence-electron chi connectivity index (χ2n) is 3.48. The number of halogens is 3. The van der Waals surface area contributed by atoms with E-state index >= 15 is 0 Å². The van der Waals surface area contributed by atoms with Gasteiger partial charge in [0.2, 0.25) is 0 Å². The van der Waals surface area contributed by atoms with Gasteiger partial charge in [0, 0.05) is 0 Å². The van der Waals surface area contributed by atoms with Crippen LogP contribution < -0.4 is 5.56 Å². The molecule has 1 aromatic heterocycles. The highest BCUT2D eigenvalue weighted by molar-refractivity contribution is 7.98. The number of methoxy groups -OCH3 is 1. The number of aromatic nitrogens is 1. The number of rotatable bonds is 4. The molecule has 0 fully saturated rings. The van der Waals surface area contributed by atoms with Gasteiger partial charge in [0.15, 0.2) is 0 Å². The molecule has 0 unspecified atom stereocenters. The molecule has 1 aromatic rings. The third kappa shape index (κ3) is 3.52. The van der Waals surface area contributed by atoms with Crippen LogP contribution in [-0.2, 0) is 16.8 Å². The maximum atomic E-state index is 12.8. The lowest BCUT2D eigenvalue weighted by Crippen LogP contribution is -2.31. The van der Waals surface area contributed by atoms with Crippen LogP contribution in [0.15, 0.2) is 16.9 Å². The summed E-state index contributed by atoms with van der Waals surface area (Å²) in [6.07, 6.45) is -4.65. The van der Waals surface area contributed by atoms with E-state index in [2.05, 4.69) is 4.74 Å². The number of carbonyl (C=O) groups excluding carboxylic acids is 1. The van der Waals surface area contributed by atoms with Crippen molar-refractivity contribution < 1.29 is 22.7 Å². The molecule has 4 nitrogen and oxygen atoms in total. The minimum absolute atomic E-state index is 0.172. The van der Waals surface area contributed by atoms with Crippen molar-refractivity contribution in [2.45, 2.75) is 19.0 Å². The van der Waals surface area contributed by atoms with Gasteiger partial charge in [-0.3, -0.25) is 9.36 Å². The summed E-state index contributed by atoms with van der Waals surface area (Å²) in [5, 5.41) is 0. The average Bonchev–Trinajstić information content (AvgIpc) is 2.34. The summed E-state index contributed by atoms with van der Waals surface area (Å²) < 4.78 is 43.3. The predicted molar refractivity (Wildman–Crippen MR) is 65.2 cm³/mol. The number of pyridine rings is 1. The van der Waals surface area contributed by atoms with Gasteiger partial charge in [0.1, 0.15) is 11.3 Å². The Morgan fingerprint density at radius 2 is 2.05 bits per heavy atom. The third-order valence-electron chi connectivity index (χ3n) is 2.29. The topological polar surface area (TPSA) is 48.3 Å². The molecule has 8 heteroatoms. The molecule has 0 radical (unpaired) electrons. The number of hydrogen-bond acceptors (Lipinski definition) is 4. The summed E-state index contributed by atoms with van der Waals surface area (Å²) in [6, 6.07) is 1.55. The van der Waals surface area contributed by atoms with Gasteiger partial charge in [-0.15, -0.1) is 11.8 Å². The zero-order valence-electron chi connectivity index (χ0n) is 10.3. The van der Waals surface area contributed by atoms with Gasteiger partial charge in [0.05, 0.1) is 13.0 Å². The molecule has 0 aromatic carbocycles. The Balaban J connectivity index is 3.41. The number of thioether (sulfide) groups is 1. The van der Waals surface area contributed by atoms with Gasteiger partial charge in [-0.1, -0.05) is 6.92 Å². The first-order valence-electron chi connectivity index (χ1n) is 5.30. The summed E-state index contributed by atoms with van der Waals surface area (Å²) in [5.41, 5.74) is -2.49. The van der Waals surface area contributed by atoms with Crippen LogP contribution in [0.5, 0.6) is 0 Å². The van der Waals surface area contributed by atoms with E-state index in [4.69, 9.17) is 0 Å². The number of carbonyl (C=O) groups is 1. The normalized spacial score (nSPS) is 11.4. The largest absolute Gasteiger partial charge is 0.465 e. The van der Waals surface area contributed by atoms with Gasteiger partial charge in [-0.05, 0) is 17.9 Å². The van der Waals surface area contributed by atoms with Gasteiger partial charge >= 0.3 is 12.1 Å². The molecular formula is C11H12F3NO3S. The summed E-state index contributed by atoms with van der Waals surface area (Å²) >= 11 is 1.14. The lowest BCUT2D eigenvalue weighted by Gasteiger charge is -2.15. The van der Waals surface area contributed by atoms with E-state index in [0.29, 0.717) is 16.4 Å². The Labute approximate surface area is 111 Å². The summed E-state index contributed by atoms with van der Waals surface area (Å²) in [6.45, 7) is 1.76. The fourth-order valence-electron chi connectivity index (χ4n) is 1.40. The van der Waals surface area contributed by atoms with Crippen molar-refractivity contribution in [1.29, 1.82) is 0 Å². The summed E-state index contributed by atoms with van der Waals surface area (Å²) in [4.78, 5) is 23.2. The van der Waals surface area contributed by atoms with Crippen molar-refractivity contribution >= 4 is 17.7 Å². The highest BCUT2D eigenvalue weighted by atomic mass is 32.2. The monoisotopic (exact) mass is 295 g/mol. The fourth-order valence-corrected chi connectivity index (χ4v) is 2.02. The van der Waals surface area contributed by atoms with Crippen LogP contribution in [0.4, 0.5) is 13.2 Å². The average molecular weight is 295 g/mol. The molecule has 106 valence electrons. The Morgan fingerprint density at radius 1 is 1.42 bits per heavy atom. The lowest BCUT2D eigenvalue weighted by molar-refractivity contribution is -0.143. The van der Waals surface area contributed by atoms with Crippen LogP contribution in [0.2, 0.25) is 0 Å². The van der Waals surface area contributed by atoms with Crippen molar-refractivity contribution in [1.82, 2.24) is 4.57 Å². The zero-order valence-corrected chi connectivity index (χ0v) is 11.1. The lowest BCUT2D eigenvalue weighted by atomic mass is 10.2. The standard InChI is InChI=1S/C11H12F3NO3S/c1-3-19-6-15-8(11(12,13)14)5-4-7(9(15)16)10(17)18-2/h4-5H,3,6H2,1-2H3. The molecule has 0 saturated heterocycles.